The number of nitrogen functional groups attached to an aromatic ring is 1. The quantitative estimate of drug-likeness (QED) is 0.509. The fraction of sp³-hybridized carbons (Fsp3) is 0.250. The first-order valence-corrected chi connectivity index (χ1v) is 11.0. The van der Waals surface area contributed by atoms with Crippen LogP contribution in [0.3, 0.4) is 0 Å². The highest BCUT2D eigenvalue weighted by Crippen LogP contribution is 2.34. The van der Waals surface area contributed by atoms with E-state index in [0.29, 0.717) is 10.8 Å². The summed E-state index contributed by atoms with van der Waals surface area (Å²) in [5, 5.41) is -0.118. The van der Waals surface area contributed by atoms with Crippen LogP contribution in [0.2, 0.25) is 24.8 Å². The monoisotopic (exact) mass is 370 g/mol. The summed E-state index contributed by atoms with van der Waals surface area (Å²) in [6.07, 6.45) is 0. The summed E-state index contributed by atoms with van der Waals surface area (Å²) < 4.78 is 33.4. The minimum Gasteiger partial charge on any atom is -0.464 e. The summed E-state index contributed by atoms with van der Waals surface area (Å²) in [6, 6.07) is 4.38. The zero-order valence-electron chi connectivity index (χ0n) is 13.7. The third-order valence-corrected chi connectivity index (χ3v) is 5.80. The van der Waals surface area contributed by atoms with Gasteiger partial charge < -0.3 is 10.5 Å². The number of carbonyl (C=O) groups is 1. The molecule has 0 saturated heterocycles. The van der Waals surface area contributed by atoms with Gasteiger partial charge in [-0.15, -0.1) is 0 Å². The number of esters is 1. The van der Waals surface area contributed by atoms with E-state index in [9.17, 15) is 13.6 Å². The Labute approximate surface area is 144 Å². The molecule has 0 unspecified atom stereocenters. The summed E-state index contributed by atoms with van der Waals surface area (Å²) in [5.41, 5.74) is 5.58. The van der Waals surface area contributed by atoms with E-state index in [0.717, 1.165) is 7.11 Å². The van der Waals surface area contributed by atoms with Crippen molar-refractivity contribution in [3.8, 4) is 11.1 Å². The second-order valence-electron chi connectivity index (χ2n) is 6.26. The molecule has 0 aliphatic rings. The molecule has 24 heavy (non-hydrogen) atoms. The number of anilines is 1. The zero-order chi connectivity index (χ0) is 18.2. The van der Waals surface area contributed by atoms with E-state index in [2.05, 4.69) is 9.72 Å². The number of nitrogens with two attached hydrogens (primary N) is 1. The lowest BCUT2D eigenvalue weighted by Gasteiger charge is -2.23. The van der Waals surface area contributed by atoms with Crippen molar-refractivity contribution in [1.82, 2.24) is 4.98 Å². The fourth-order valence-electron chi connectivity index (χ4n) is 2.56. The van der Waals surface area contributed by atoms with Crippen LogP contribution < -0.4 is 10.9 Å². The molecule has 1 heterocycles. The molecule has 0 fully saturated rings. The topological polar surface area (TPSA) is 65.2 Å². The van der Waals surface area contributed by atoms with Gasteiger partial charge in [-0.3, -0.25) is 0 Å². The van der Waals surface area contributed by atoms with Crippen molar-refractivity contribution < 1.29 is 18.3 Å². The highest BCUT2D eigenvalue weighted by atomic mass is 35.5. The molecule has 0 atom stereocenters. The van der Waals surface area contributed by atoms with Gasteiger partial charge in [-0.1, -0.05) is 43.4 Å². The smallest absolute Gasteiger partial charge is 0.357 e. The summed E-state index contributed by atoms with van der Waals surface area (Å²) in [7, 11) is -1.03. The Morgan fingerprint density at radius 3 is 2.46 bits per heavy atom. The van der Waals surface area contributed by atoms with Crippen LogP contribution >= 0.6 is 11.6 Å². The van der Waals surface area contributed by atoms with Crippen LogP contribution in [0.4, 0.5) is 14.5 Å². The lowest BCUT2D eigenvalue weighted by molar-refractivity contribution is 0.0595. The molecule has 0 bridgehead atoms. The number of aromatic nitrogens is 1. The van der Waals surface area contributed by atoms with Crippen molar-refractivity contribution in [3.63, 3.8) is 0 Å². The first-order valence-electron chi connectivity index (χ1n) is 7.11. The van der Waals surface area contributed by atoms with E-state index in [-0.39, 0.29) is 16.9 Å². The molecule has 0 amide bonds. The van der Waals surface area contributed by atoms with Gasteiger partial charge in [-0.2, -0.15) is 0 Å². The fourth-order valence-corrected chi connectivity index (χ4v) is 4.57. The average molecular weight is 371 g/mol. The Bertz CT molecular complexity index is 823. The van der Waals surface area contributed by atoms with Gasteiger partial charge in [0.15, 0.2) is 16.7 Å². The molecule has 1 aromatic carbocycles. The number of nitrogens with zero attached hydrogens (tertiary/aromatic N) is 1. The summed E-state index contributed by atoms with van der Waals surface area (Å²) in [5.74, 6) is -2.22. The second kappa shape index (κ2) is 6.49. The minimum absolute atomic E-state index is 0.000625. The van der Waals surface area contributed by atoms with Crippen molar-refractivity contribution in [2.45, 2.75) is 19.6 Å². The van der Waals surface area contributed by atoms with E-state index >= 15 is 0 Å². The van der Waals surface area contributed by atoms with Gasteiger partial charge in [-0.05, 0) is 16.8 Å². The van der Waals surface area contributed by atoms with Gasteiger partial charge >= 0.3 is 5.97 Å². The van der Waals surface area contributed by atoms with Crippen molar-refractivity contribution in [3.05, 3.63) is 40.7 Å². The average Bonchev–Trinajstić information content (AvgIpc) is 2.50. The minimum atomic E-state index is -2.19. The third-order valence-electron chi connectivity index (χ3n) is 3.55. The first kappa shape index (κ1) is 18.3. The maximum Gasteiger partial charge on any atom is 0.357 e. The maximum absolute atomic E-state index is 14.5. The molecule has 8 heteroatoms. The van der Waals surface area contributed by atoms with Crippen LogP contribution in [0.1, 0.15) is 10.5 Å². The Morgan fingerprint density at radius 2 is 1.92 bits per heavy atom. The van der Waals surface area contributed by atoms with Gasteiger partial charge in [-0.25, -0.2) is 18.6 Å². The van der Waals surface area contributed by atoms with Crippen molar-refractivity contribution in [1.29, 1.82) is 0 Å². The van der Waals surface area contributed by atoms with Crippen LogP contribution in [0.15, 0.2) is 18.2 Å². The van der Waals surface area contributed by atoms with Crippen LogP contribution in [-0.2, 0) is 4.74 Å². The summed E-state index contributed by atoms with van der Waals surface area (Å²) in [6.45, 7) is 5.80. The van der Waals surface area contributed by atoms with Crippen LogP contribution in [0.5, 0.6) is 0 Å². The van der Waals surface area contributed by atoms with E-state index in [4.69, 9.17) is 17.3 Å². The molecule has 0 aliphatic heterocycles. The van der Waals surface area contributed by atoms with Crippen molar-refractivity contribution in [2.24, 2.45) is 0 Å². The summed E-state index contributed by atoms with van der Waals surface area (Å²) in [4.78, 5) is 15.8. The van der Waals surface area contributed by atoms with Crippen LogP contribution in [-0.4, -0.2) is 26.1 Å². The number of benzene rings is 1. The molecule has 2 rings (SSSR count). The standard InChI is InChI=1S/C16H17ClF2N2O2Si/c1-23-16(22)13-10(12(20)11(19)15(17)21-13)8-6-5-7-9(18)14(8)24(2,3)4/h5-7H,1-4H3,(H2,20,21). The molecule has 2 N–H and O–H groups in total. The van der Waals surface area contributed by atoms with E-state index < -0.39 is 30.8 Å². The zero-order valence-corrected chi connectivity index (χ0v) is 15.5. The largest absolute Gasteiger partial charge is 0.464 e. The van der Waals surface area contributed by atoms with Gasteiger partial charge in [0.25, 0.3) is 0 Å². The molecule has 0 aliphatic carbocycles. The number of hydrogen-bond acceptors (Lipinski definition) is 4. The third kappa shape index (κ3) is 3.14. The first-order chi connectivity index (χ1) is 11.1. The van der Waals surface area contributed by atoms with Crippen LogP contribution in [0, 0.1) is 11.6 Å². The number of pyridine rings is 1. The number of hydrogen-bond donors (Lipinski definition) is 1. The van der Waals surface area contributed by atoms with Gasteiger partial charge in [0.2, 0.25) is 0 Å². The van der Waals surface area contributed by atoms with Gasteiger partial charge in [0, 0.05) is 5.56 Å². The number of carbonyl (C=O) groups excluding carboxylic acids is 1. The molecular formula is C16H17ClF2N2O2Si. The predicted octanol–water partition coefficient (Wildman–Crippen LogP) is 3.59. The molecule has 4 nitrogen and oxygen atoms in total. The van der Waals surface area contributed by atoms with E-state index in [1.54, 1.807) is 6.07 Å². The maximum atomic E-state index is 14.5. The Kier molecular flexibility index (Phi) is 4.96. The molecule has 2 aromatic rings. The Morgan fingerprint density at radius 1 is 1.29 bits per heavy atom. The molecule has 0 saturated carbocycles. The molecule has 128 valence electrons. The normalized spacial score (nSPS) is 11.5. The van der Waals surface area contributed by atoms with Gasteiger partial charge in [0.05, 0.1) is 20.9 Å². The van der Waals surface area contributed by atoms with Crippen molar-refractivity contribution in [2.75, 3.05) is 12.8 Å². The molecule has 0 radical (unpaired) electrons. The van der Waals surface area contributed by atoms with E-state index in [1.165, 1.54) is 12.1 Å². The predicted molar refractivity (Wildman–Crippen MR) is 93.3 cm³/mol. The highest BCUT2D eigenvalue weighted by molar-refractivity contribution is 6.89. The SMILES string of the molecule is COC(=O)c1nc(Cl)c(F)c(N)c1-c1cccc(F)c1[Si](C)(C)C. The number of ether oxygens (including phenoxy) is 1. The van der Waals surface area contributed by atoms with E-state index in [1.807, 2.05) is 19.6 Å². The number of methoxy groups -OCH3 is 1. The summed E-state index contributed by atoms with van der Waals surface area (Å²) >= 11 is 5.70. The Balaban J connectivity index is 2.96. The number of rotatable bonds is 3. The Hall–Kier alpha value is -1.99. The van der Waals surface area contributed by atoms with Gasteiger partial charge in [0.1, 0.15) is 5.82 Å². The van der Waals surface area contributed by atoms with Crippen molar-refractivity contribution >= 4 is 36.5 Å². The molecule has 0 spiro atoms. The van der Waals surface area contributed by atoms with Crippen LogP contribution in [0.25, 0.3) is 11.1 Å². The molecular weight excluding hydrogens is 354 g/mol. The highest BCUT2D eigenvalue weighted by Gasteiger charge is 2.30. The molecule has 1 aromatic heterocycles. The number of halogens is 3. The second-order valence-corrected chi connectivity index (χ2v) is 11.6. The lowest BCUT2D eigenvalue weighted by Crippen LogP contribution is -2.41. The lowest BCUT2D eigenvalue weighted by atomic mass is 10.0.